The maximum absolute atomic E-state index is 12.9. The Hall–Kier alpha value is -0.370. The van der Waals surface area contributed by atoms with Crippen LogP contribution in [0.4, 0.5) is 4.39 Å². The normalized spacial score (nSPS) is 27.6. The summed E-state index contributed by atoms with van der Waals surface area (Å²) >= 11 is 3.42. The third-order valence-electron chi connectivity index (χ3n) is 3.00. The Morgan fingerprint density at radius 2 is 1.57 bits per heavy atom. The van der Waals surface area contributed by atoms with Gasteiger partial charge in [0.15, 0.2) is 0 Å². The van der Waals surface area contributed by atoms with E-state index in [-0.39, 0.29) is 0 Å². The molecule has 2 rings (SSSR count). The highest BCUT2D eigenvalue weighted by Crippen LogP contribution is 2.34. The minimum Gasteiger partial charge on any atom is -0.247 e. The Kier molecular flexibility index (Phi) is 3.22. The first kappa shape index (κ1) is 10.2. The maximum Gasteiger partial charge on any atom is 0.100 e. The fourth-order valence-electron chi connectivity index (χ4n) is 2.12. The first-order valence-corrected chi connectivity index (χ1v) is 5.94. The van der Waals surface area contributed by atoms with E-state index in [1.54, 1.807) is 0 Å². The van der Waals surface area contributed by atoms with Crippen LogP contribution < -0.4 is 0 Å². The van der Waals surface area contributed by atoms with E-state index in [1.165, 1.54) is 5.56 Å². The molecule has 0 bridgehead atoms. The highest BCUT2D eigenvalue weighted by Gasteiger charge is 2.21. The topological polar surface area (TPSA) is 0 Å². The molecule has 14 heavy (non-hydrogen) atoms. The molecule has 1 aliphatic carbocycles. The zero-order valence-corrected chi connectivity index (χ0v) is 9.63. The van der Waals surface area contributed by atoms with Crippen molar-refractivity contribution in [2.45, 2.75) is 37.8 Å². The van der Waals surface area contributed by atoms with E-state index in [1.807, 2.05) is 0 Å². The van der Waals surface area contributed by atoms with Crippen molar-refractivity contribution in [3.63, 3.8) is 0 Å². The molecule has 0 nitrogen and oxygen atoms in total. The Bertz CT molecular complexity index is 286. The van der Waals surface area contributed by atoms with Gasteiger partial charge in [-0.3, -0.25) is 0 Å². The monoisotopic (exact) mass is 256 g/mol. The molecule has 1 saturated carbocycles. The number of halogens is 2. The lowest BCUT2D eigenvalue weighted by atomic mass is 9.83. The molecular weight excluding hydrogens is 243 g/mol. The maximum atomic E-state index is 12.9. The predicted molar refractivity (Wildman–Crippen MR) is 60.2 cm³/mol. The third kappa shape index (κ3) is 2.35. The molecule has 0 N–H and O–H groups in total. The zero-order chi connectivity index (χ0) is 9.97. The summed E-state index contributed by atoms with van der Waals surface area (Å²) in [4.78, 5) is 0. The molecule has 0 amide bonds. The largest absolute Gasteiger partial charge is 0.247 e. The summed E-state index contributed by atoms with van der Waals surface area (Å²) in [6.45, 7) is 0. The van der Waals surface area contributed by atoms with Crippen LogP contribution in [-0.4, -0.2) is 6.17 Å². The fourth-order valence-corrected chi connectivity index (χ4v) is 2.39. The molecular formula is C12H14BrF. The summed E-state index contributed by atoms with van der Waals surface area (Å²) in [6.07, 6.45) is 2.93. The predicted octanol–water partition coefficient (Wildman–Crippen LogP) is 4.44. The summed E-state index contributed by atoms with van der Waals surface area (Å²) < 4.78 is 14.0. The number of hydrogen-bond donors (Lipinski definition) is 0. The fraction of sp³-hybridized carbons (Fsp3) is 0.500. The quantitative estimate of drug-likeness (QED) is 0.697. The zero-order valence-electron chi connectivity index (χ0n) is 8.05. The standard InChI is InChI=1S/C12H14BrF/c13-11-5-1-9(2-6-11)10-3-7-12(14)8-4-10/h1-2,5-6,10,12H,3-4,7-8H2. The number of rotatable bonds is 1. The number of benzene rings is 1. The van der Waals surface area contributed by atoms with Gasteiger partial charge in [0.25, 0.3) is 0 Å². The van der Waals surface area contributed by atoms with Crippen LogP contribution >= 0.6 is 15.9 Å². The molecule has 0 saturated heterocycles. The SMILES string of the molecule is FC1CCC(c2ccc(Br)cc2)CC1. The second kappa shape index (κ2) is 4.43. The summed E-state index contributed by atoms with van der Waals surface area (Å²) in [7, 11) is 0. The second-order valence-corrected chi connectivity index (χ2v) is 4.92. The van der Waals surface area contributed by atoms with Crippen LogP contribution in [0.15, 0.2) is 28.7 Å². The van der Waals surface area contributed by atoms with Crippen molar-refractivity contribution in [2.75, 3.05) is 0 Å². The molecule has 2 heteroatoms. The van der Waals surface area contributed by atoms with Crippen molar-refractivity contribution in [2.24, 2.45) is 0 Å². The van der Waals surface area contributed by atoms with Crippen LogP contribution in [0.1, 0.15) is 37.2 Å². The van der Waals surface area contributed by atoms with Gasteiger partial charge >= 0.3 is 0 Å². The van der Waals surface area contributed by atoms with Gasteiger partial charge in [0, 0.05) is 4.47 Å². The third-order valence-corrected chi connectivity index (χ3v) is 3.53. The molecule has 0 unspecified atom stereocenters. The van der Waals surface area contributed by atoms with Gasteiger partial charge in [0.05, 0.1) is 0 Å². The smallest absolute Gasteiger partial charge is 0.100 e. The summed E-state index contributed by atoms with van der Waals surface area (Å²) in [5.41, 5.74) is 1.36. The average molecular weight is 257 g/mol. The van der Waals surface area contributed by atoms with Crippen molar-refractivity contribution < 1.29 is 4.39 Å². The second-order valence-electron chi connectivity index (χ2n) is 4.00. The molecule has 0 aromatic heterocycles. The van der Waals surface area contributed by atoms with E-state index in [2.05, 4.69) is 40.2 Å². The van der Waals surface area contributed by atoms with E-state index >= 15 is 0 Å². The van der Waals surface area contributed by atoms with Crippen LogP contribution in [0.3, 0.4) is 0 Å². The van der Waals surface area contributed by atoms with E-state index in [0.717, 1.165) is 30.2 Å². The van der Waals surface area contributed by atoms with Crippen LogP contribution in [0.2, 0.25) is 0 Å². The van der Waals surface area contributed by atoms with Crippen molar-refractivity contribution in [3.05, 3.63) is 34.3 Å². The van der Waals surface area contributed by atoms with Gasteiger partial charge in [-0.1, -0.05) is 28.1 Å². The van der Waals surface area contributed by atoms with Crippen LogP contribution in [0, 0.1) is 0 Å². The lowest BCUT2D eigenvalue weighted by Crippen LogP contribution is -2.13. The van der Waals surface area contributed by atoms with Crippen LogP contribution in [0.25, 0.3) is 0 Å². The van der Waals surface area contributed by atoms with Gasteiger partial charge in [-0.25, -0.2) is 4.39 Å². The summed E-state index contributed by atoms with van der Waals surface area (Å²) in [5, 5.41) is 0. The van der Waals surface area contributed by atoms with Crippen molar-refractivity contribution >= 4 is 15.9 Å². The molecule has 1 aromatic carbocycles. The molecule has 0 radical (unpaired) electrons. The highest BCUT2D eigenvalue weighted by molar-refractivity contribution is 9.10. The van der Waals surface area contributed by atoms with Gasteiger partial charge in [-0.05, 0) is 49.3 Å². The van der Waals surface area contributed by atoms with Gasteiger partial charge in [-0.2, -0.15) is 0 Å². The van der Waals surface area contributed by atoms with Crippen molar-refractivity contribution in [1.29, 1.82) is 0 Å². The lowest BCUT2D eigenvalue weighted by molar-refractivity contribution is 0.235. The number of alkyl halides is 1. The van der Waals surface area contributed by atoms with Crippen molar-refractivity contribution in [3.8, 4) is 0 Å². The van der Waals surface area contributed by atoms with E-state index in [0.29, 0.717) is 5.92 Å². The van der Waals surface area contributed by atoms with Gasteiger partial charge in [0.1, 0.15) is 6.17 Å². The summed E-state index contributed by atoms with van der Waals surface area (Å²) in [5.74, 6) is 0.579. The first-order valence-electron chi connectivity index (χ1n) is 5.15. The first-order chi connectivity index (χ1) is 6.75. The van der Waals surface area contributed by atoms with E-state index in [9.17, 15) is 4.39 Å². The van der Waals surface area contributed by atoms with Crippen molar-refractivity contribution in [1.82, 2.24) is 0 Å². The van der Waals surface area contributed by atoms with Gasteiger partial charge in [-0.15, -0.1) is 0 Å². The van der Waals surface area contributed by atoms with Crippen LogP contribution in [-0.2, 0) is 0 Å². The molecule has 0 spiro atoms. The molecule has 0 aliphatic heterocycles. The molecule has 1 aromatic rings. The lowest BCUT2D eigenvalue weighted by Gasteiger charge is -2.24. The van der Waals surface area contributed by atoms with E-state index < -0.39 is 6.17 Å². The Morgan fingerprint density at radius 1 is 1.00 bits per heavy atom. The minimum absolute atomic E-state index is 0.554. The minimum atomic E-state index is -0.554. The highest BCUT2D eigenvalue weighted by atomic mass is 79.9. The van der Waals surface area contributed by atoms with Gasteiger partial charge in [0.2, 0.25) is 0 Å². The van der Waals surface area contributed by atoms with E-state index in [4.69, 9.17) is 0 Å². The molecule has 76 valence electrons. The Balaban J connectivity index is 2.05. The van der Waals surface area contributed by atoms with Gasteiger partial charge < -0.3 is 0 Å². The Morgan fingerprint density at radius 3 is 2.14 bits per heavy atom. The van der Waals surface area contributed by atoms with Crippen LogP contribution in [0.5, 0.6) is 0 Å². The average Bonchev–Trinajstić information content (AvgIpc) is 2.21. The molecule has 0 atom stereocenters. The molecule has 1 aliphatic rings. The molecule has 1 fully saturated rings. The number of hydrogen-bond acceptors (Lipinski definition) is 0. The Labute approximate surface area is 92.6 Å². The summed E-state index contributed by atoms with van der Waals surface area (Å²) in [6, 6.07) is 8.42. The molecule has 0 heterocycles.